The van der Waals surface area contributed by atoms with Crippen molar-refractivity contribution < 1.29 is 29.3 Å². The lowest BCUT2D eigenvalue weighted by atomic mass is 10.00. The summed E-state index contributed by atoms with van der Waals surface area (Å²) in [6.07, 6.45) is 2.91. The summed E-state index contributed by atoms with van der Waals surface area (Å²) in [6, 6.07) is 0. The standard InChI is InChI=1S/2C12H21NO3/c2*1-12(2,3)16-11(15)13-6-8-4-5-10(14)9(8)7-13/h2*8-10,14H,4-7H2,1-3H3/t2*8-,9+,10-/m10/s1. The number of ether oxygens (including phenoxy) is 2. The number of rotatable bonds is 0. The average Bonchev–Trinajstić information content (AvgIpc) is 3.37. The van der Waals surface area contributed by atoms with E-state index in [-0.39, 0.29) is 36.2 Å². The minimum atomic E-state index is -0.437. The van der Waals surface area contributed by atoms with Crippen molar-refractivity contribution in [3.05, 3.63) is 0 Å². The van der Waals surface area contributed by atoms with E-state index < -0.39 is 11.2 Å². The van der Waals surface area contributed by atoms with Gasteiger partial charge in [0.15, 0.2) is 0 Å². The number of hydrogen-bond acceptors (Lipinski definition) is 6. The van der Waals surface area contributed by atoms with E-state index >= 15 is 0 Å². The lowest BCUT2D eigenvalue weighted by molar-refractivity contribution is 0.0251. The molecule has 0 bridgehead atoms. The first-order chi connectivity index (χ1) is 14.7. The normalized spacial score (nSPS) is 34.0. The van der Waals surface area contributed by atoms with Gasteiger partial charge in [-0.2, -0.15) is 0 Å². The highest BCUT2D eigenvalue weighted by Crippen LogP contribution is 2.39. The SMILES string of the molecule is CC(C)(C)OC(=O)N1C[C@@H]2CC[C@H](O)[C@@H]2C1.CC(C)(C)OC(=O)N1C[C@H]2CC[C@@H](O)[C@H]2C1. The summed E-state index contributed by atoms with van der Waals surface area (Å²) in [5.74, 6) is 1.49. The number of fused-ring (bicyclic) bond motifs is 2. The van der Waals surface area contributed by atoms with Crippen LogP contribution in [-0.4, -0.2) is 81.8 Å². The molecule has 2 N–H and O–H groups in total. The molecule has 0 aromatic carbocycles. The van der Waals surface area contributed by atoms with Gasteiger partial charge in [0, 0.05) is 38.0 Å². The fraction of sp³-hybridized carbons (Fsp3) is 0.917. The van der Waals surface area contributed by atoms with E-state index in [0.29, 0.717) is 24.9 Å². The molecule has 32 heavy (non-hydrogen) atoms. The van der Waals surface area contributed by atoms with E-state index in [9.17, 15) is 19.8 Å². The maximum atomic E-state index is 11.8. The van der Waals surface area contributed by atoms with Gasteiger partial charge in [0.1, 0.15) is 11.2 Å². The molecule has 2 aliphatic carbocycles. The van der Waals surface area contributed by atoms with Crippen molar-refractivity contribution in [2.24, 2.45) is 23.7 Å². The van der Waals surface area contributed by atoms with Gasteiger partial charge in [-0.25, -0.2) is 9.59 Å². The third-order valence-electron chi connectivity index (χ3n) is 6.94. The molecular weight excluding hydrogens is 412 g/mol. The molecule has 8 nitrogen and oxygen atoms in total. The molecule has 2 amide bonds. The van der Waals surface area contributed by atoms with Crippen LogP contribution in [0.4, 0.5) is 9.59 Å². The van der Waals surface area contributed by atoms with Gasteiger partial charge >= 0.3 is 12.2 Å². The smallest absolute Gasteiger partial charge is 0.410 e. The fourth-order valence-electron chi connectivity index (χ4n) is 5.42. The number of nitrogens with zero attached hydrogens (tertiary/aromatic N) is 2. The minimum absolute atomic E-state index is 0.225. The number of likely N-dealkylation sites (tertiary alicyclic amines) is 2. The highest BCUT2D eigenvalue weighted by Gasteiger charge is 2.45. The largest absolute Gasteiger partial charge is 0.444 e. The molecule has 0 radical (unpaired) electrons. The summed E-state index contributed by atoms with van der Waals surface area (Å²) in [7, 11) is 0. The van der Waals surface area contributed by atoms with Crippen molar-refractivity contribution in [2.45, 2.75) is 90.6 Å². The van der Waals surface area contributed by atoms with E-state index in [1.54, 1.807) is 9.80 Å². The second kappa shape index (κ2) is 9.37. The van der Waals surface area contributed by atoms with Crippen LogP contribution in [0.15, 0.2) is 0 Å². The Kier molecular flexibility index (Phi) is 7.35. The van der Waals surface area contributed by atoms with Crippen LogP contribution in [-0.2, 0) is 9.47 Å². The highest BCUT2D eigenvalue weighted by molar-refractivity contribution is 5.69. The van der Waals surface area contributed by atoms with E-state index in [1.165, 1.54) is 0 Å². The quantitative estimate of drug-likeness (QED) is 0.583. The predicted molar refractivity (Wildman–Crippen MR) is 120 cm³/mol. The summed E-state index contributed by atoms with van der Waals surface area (Å²) in [4.78, 5) is 27.1. The first kappa shape index (κ1) is 25.1. The average molecular weight is 455 g/mol. The van der Waals surface area contributed by atoms with Crippen molar-refractivity contribution >= 4 is 12.2 Å². The molecule has 2 heterocycles. The Balaban J connectivity index is 0.000000181. The summed E-state index contributed by atoms with van der Waals surface area (Å²) < 4.78 is 10.7. The minimum Gasteiger partial charge on any atom is -0.444 e. The Morgan fingerprint density at radius 1 is 0.656 bits per heavy atom. The maximum absolute atomic E-state index is 11.8. The molecular formula is C24H42N2O6. The molecule has 8 heteroatoms. The third kappa shape index (κ3) is 6.28. The van der Waals surface area contributed by atoms with Crippen LogP contribution in [0.5, 0.6) is 0 Å². The zero-order valence-electron chi connectivity index (χ0n) is 20.5. The van der Waals surface area contributed by atoms with E-state index in [0.717, 1.165) is 38.8 Å². The molecule has 4 rings (SSSR count). The highest BCUT2D eigenvalue weighted by atomic mass is 16.6. The summed E-state index contributed by atoms with van der Waals surface area (Å²) in [5.41, 5.74) is -0.874. The Morgan fingerprint density at radius 3 is 1.28 bits per heavy atom. The summed E-state index contributed by atoms with van der Waals surface area (Å²) in [5, 5.41) is 19.5. The van der Waals surface area contributed by atoms with Crippen LogP contribution in [0.2, 0.25) is 0 Å². The third-order valence-corrected chi connectivity index (χ3v) is 6.94. The molecule has 0 spiro atoms. The van der Waals surface area contributed by atoms with Crippen molar-refractivity contribution in [1.29, 1.82) is 0 Å². The maximum Gasteiger partial charge on any atom is 0.410 e. The van der Waals surface area contributed by atoms with Gasteiger partial charge in [0.05, 0.1) is 12.2 Å². The van der Waals surface area contributed by atoms with Crippen LogP contribution in [0.25, 0.3) is 0 Å². The molecule has 4 aliphatic rings. The van der Waals surface area contributed by atoms with Crippen LogP contribution < -0.4 is 0 Å². The number of aliphatic hydroxyl groups excluding tert-OH is 2. The topological polar surface area (TPSA) is 99.5 Å². The number of amides is 2. The second-order valence-electron chi connectivity index (χ2n) is 11.9. The van der Waals surface area contributed by atoms with E-state index in [1.807, 2.05) is 41.5 Å². The zero-order valence-corrected chi connectivity index (χ0v) is 20.5. The molecule has 2 saturated heterocycles. The lowest BCUT2D eigenvalue weighted by Gasteiger charge is -2.25. The number of hydrogen-bond donors (Lipinski definition) is 2. The van der Waals surface area contributed by atoms with Gasteiger partial charge in [-0.1, -0.05) is 0 Å². The summed E-state index contributed by atoms with van der Waals surface area (Å²) in [6.45, 7) is 14.0. The number of carbonyl (C=O) groups excluding carboxylic acids is 2. The number of carbonyl (C=O) groups is 2. The van der Waals surface area contributed by atoms with Crippen molar-refractivity contribution in [3.8, 4) is 0 Å². The molecule has 0 unspecified atom stereocenters. The van der Waals surface area contributed by atoms with Crippen LogP contribution in [0, 0.1) is 23.7 Å². The zero-order chi connectivity index (χ0) is 23.8. The Hall–Kier alpha value is -1.54. The molecule has 6 atom stereocenters. The van der Waals surface area contributed by atoms with Gasteiger partial charge in [0.25, 0.3) is 0 Å². The predicted octanol–water partition coefficient (Wildman–Crippen LogP) is 3.25. The van der Waals surface area contributed by atoms with Gasteiger partial charge in [-0.3, -0.25) is 0 Å². The van der Waals surface area contributed by atoms with Crippen LogP contribution >= 0.6 is 0 Å². The van der Waals surface area contributed by atoms with Crippen molar-refractivity contribution in [2.75, 3.05) is 26.2 Å². The fourth-order valence-corrected chi connectivity index (χ4v) is 5.42. The molecule has 0 aromatic heterocycles. The monoisotopic (exact) mass is 454 g/mol. The lowest BCUT2D eigenvalue weighted by Crippen LogP contribution is -2.36. The van der Waals surface area contributed by atoms with Gasteiger partial charge in [-0.15, -0.1) is 0 Å². The Bertz CT molecular complexity index is 627. The molecule has 184 valence electrons. The first-order valence-corrected chi connectivity index (χ1v) is 12.1. The molecule has 4 fully saturated rings. The Labute approximate surface area is 192 Å². The van der Waals surface area contributed by atoms with Crippen molar-refractivity contribution in [3.63, 3.8) is 0 Å². The first-order valence-electron chi connectivity index (χ1n) is 12.1. The number of aliphatic hydroxyl groups is 2. The molecule has 2 saturated carbocycles. The van der Waals surface area contributed by atoms with Gasteiger partial charge in [0.2, 0.25) is 0 Å². The van der Waals surface area contributed by atoms with Crippen LogP contribution in [0.3, 0.4) is 0 Å². The second-order valence-corrected chi connectivity index (χ2v) is 11.9. The van der Waals surface area contributed by atoms with Gasteiger partial charge < -0.3 is 29.5 Å². The molecule has 2 aliphatic heterocycles. The van der Waals surface area contributed by atoms with Crippen LogP contribution in [0.1, 0.15) is 67.2 Å². The van der Waals surface area contributed by atoms with Gasteiger partial charge in [-0.05, 0) is 79.1 Å². The van der Waals surface area contributed by atoms with Crippen molar-refractivity contribution in [1.82, 2.24) is 9.80 Å². The van der Waals surface area contributed by atoms with E-state index in [2.05, 4.69) is 0 Å². The molecule has 0 aromatic rings. The van der Waals surface area contributed by atoms with E-state index in [4.69, 9.17) is 9.47 Å². The Morgan fingerprint density at radius 2 is 1.00 bits per heavy atom. The summed E-state index contributed by atoms with van der Waals surface area (Å²) >= 11 is 0.